The second-order valence-electron chi connectivity index (χ2n) is 5.26. The molecule has 2 aliphatic rings. The maximum atomic E-state index is 12.0. The SMILES string of the molecule is C#CC1(O)CCN(C(=O)CC2(O)CCOC2)CC1. The fourth-order valence-corrected chi connectivity index (χ4v) is 2.40. The Labute approximate surface area is 107 Å². The molecule has 2 saturated heterocycles. The van der Waals surface area contributed by atoms with Crippen LogP contribution in [-0.2, 0) is 9.53 Å². The van der Waals surface area contributed by atoms with Gasteiger partial charge in [-0.2, -0.15) is 0 Å². The lowest BCUT2D eigenvalue weighted by Gasteiger charge is -2.36. The molecule has 0 saturated carbocycles. The summed E-state index contributed by atoms with van der Waals surface area (Å²) in [6.45, 7) is 1.61. The Morgan fingerprint density at radius 2 is 2.00 bits per heavy atom. The number of carbonyl (C=O) groups is 1. The van der Waals surface area contributed by atoms with Gasteiger partial charge < -0.3 is 19.8 Å². The number of terminal acetylenes is 1. The Balaban J connectivity index is 1.86. The third kappa shape index (κ3) is 2.83. The van der Waals surface area contributed by atoms with Gasteiger partial charge in [-0.15, -0.1) is 6.42 Å². The van der Waals surface area contributed by atoms with E-state index in [9.17, 15) is 15.0 Å². The van der Waals surface area contributed by atoms with Crippen molar-refractivity contribution in [2.75, 3.05) is 26.3 Å². The normalized spacial score (nSPS) is 31.1. The van der Waals surface area contributed by atoms with Gasteiger partial charge >= 0.3 is 0 Å². The van der Waals surface area contributed by atoms with Crippen molar-refractivity contribution in [2.24, 2.45) is 0 Å². The third-order valence-corrected chi connectivity index (χ3v) is 3.77. The molecule has 0 aromatic rings. The molecule has 2 aliphatic heterocycles. The number of hydrogen-bond donors (Lipinski definition) is 2. The number of piperidine rings is 1. The highest BCUT2D eigenvalue weighted by Gasteiger charge is 2.38. The van der Waals surface area contributed by atoms with Crippen LogP contribution in [0, 0.1) is 12.3 Å². The molecule has 2 heterocycles. The van der Waals surface area contributed by atoms with Crippen molar-refractivity contribution in [3.05, 3.63) is 0 Å². The van der Waals surface area contributed by atoms with Crippen LogP contribution >= 0.6 is 0 Å². The Morgan fingerprint density at radius 1 is 1.33 bits per heavy atom. The summed E-state index contributed by atoms with van der Waals surface area (Å²) in [7, 11) is 0. The smallest absolute Gasteiger partial charge is 0.225 e. The summed E-state index contributed by atoms with van der Waals surface area (Å²) < 4.78 is 5.11. The number of hydrogen-bond acceptors (Lipinski definition) is 4. The predicted octanol–water partition coefficient (Wildman–Crippen LogP) is -0.485. The fraction of sp³-hybridized carbons (Fsp3) is 0.769. The molecule has 2 fully saturated rings. The van der Waals surface area contributed by atoms with Crippen molar-refractivity contribution in [1.29, 1.82) is 0 Å². The Morgan fingerprint density at radius 3 is 2.50 bits per heavy atom. The maximum Gasteiger partial charge on any atom is 0.225 e. The summed E-state index contributed by atoms with van der Waals surface area (Å²) in [5.74, 6) is 2.27. The first-order valence-electron chi connectivity index (χ1n) is 6.24. The monoisotopic (exact) mass is 253 g/mol. The Bertz CT molecular complexity index is 360. The van der Waals surface area contributed by atoms with Crippen molar-refractivity contribution in [3.8, 4) is 12.3 Å². The Hall–Kier alpha value is -1.09. The molecule has 5 nitrogen and oxygen atoms in total. The first-order valence-corrected chi connectivity index (χ1v) is 6.24. The standard InChI is InChI=1S/C13H19NO4/c1-2-12(16)3-6-14(7-4-12)11(15)9-13(17)5-8-18-10-13/h1,16-17H,3-10H2. The highest BCUT2D eigenvalue weighted by atomic mass is 16.5. The molecule has 0 bridgehead atoms. The van der Waals surface area contributed by atoms with E-state index in [1.165, 1.54) is 0 Å². The first-order chi connectivity index (χ1) is 8.46. The molecule has 1 atom stereocenters. The molecule has 1 amide bonds. The lowest BCUT2D eigenvalue weighted by molar-refractivity contribution is -0.139. The lowest BCUT2D eigenvalue weighted by atomic mass is 9.91. The molecule has 100 valence electrons. The van der Waals surface area contributed by atoms with E-state index in [0.29, 0.717) is 39.0 Å². The molecule has 2 N–H and O–H groups in total. The molecule has 0 aromatic carbocycles. The molecule has 18 heavy (non-hydrogen) atoms. The van der Waals surface area contributed by atoms with Crippen LogP contribution in [0.25, 0.3) is 0 Å². The van der Waals surface area contributed by atoms with E-state index in [4.69, 9.17) is 11.2 Å². The predicted molar refractivity (Wildman–Crippen MR) is 64.6 cm³/mol. The van der Waals surface area contributed by atoms with E-state index in [2.05, 4.69) is 5.92 Å². The molecular formula is C13H19NO4. The van der Waals surface area contributed by atoms with Crippen LogP contribution < -0.4 is 0 Å². The molecule has 0 spiro atoms. The van der Waals surface area contributed by atoms with Crippen molar-refractivity contribution in [2.45, 2.75) is 36.9 Å². The fourth-order valence-electron chi connectivity index (χ4n) is 2.40. The highest BCUT2D eigenvalue weighted by molar-refractivity contribution is 5.77. The topological polar surface area (TPSA) is 70.0 Å². The van der Waals surface area contributed by atoms with Crippen molar-refractivity contribution >= 4 is 5.91 Å². The van der Waals surface area contributed by atoms with Gasteiger partial charge in [0.05, 0.1) is 18.6 Å². The second kappa shape index (κ2) is 4.88. The van der Waals surface area contributed by atoms with Crippen LogP contribution in [0.5, 0.6) is 0 Å². The number of ether oxygens (including phenoxy) is 1. The van der Waals surface area contributed by atoms with E-state index in [1.54, 1.807) is 4.90 Å². The number of aliphatic hydroxyl groups is 2. The van der Waals surface area contributed by atoms with Gasteiger partial charge in [0.25, 0.3) is 0 Å². The summed E-state index contributed by atoms with van der Waals surface area (Å²) in [5.41, 5.74) is -2.10. The van der Waals surface area contributed by atoms with Gasteiger partial charge in [0, 0.05) is 39.0 Å². The Kier molecular flexibility index (Phi) is 3.62. The van der Waals surface area contributed by atoms with Gasteiger partial charge in [0.1, 0.15) is 5.60 Å². The summed E-state index contributed by atoms with van der Waals surface area (Å²) in [6.07, 6.45) is 6.62. The highest BCUT2D eigenvalue weighted by Crippen LogP contribution is 2.26. The average molecular weight is 253 g/mol. The third-order valence-electron chi connectivity index (χ3n) is 3.77. The molecule has 0 radical (unpaired) electrons. The zero-order chi connectivity index (χ0) is 13.2. The number of carbonyl (C=O) groups excluding carboxylic acids is 1. The molecular weight excluding hydrogens is 234 g/mol. The van der Waals surface area contributed by atoms with Crippen LogP contribution in [0.1, 0.15) is 25.7 Å². The van der Waals surface area contributed by atoms with Gasteiger partial charge in [-0.1, -0.05) is 5.92 Å². The van der Waals surface area contributed by atoms with Gasteiger partial charge in [0.2, 0.25) is 5.91 Å². The van der Waals surface area contributed by atoms with E-state index >= 15 is 0 Å². The minimum Gasteiger partial charge on any atom is -0.387 e. The van der Waals surface area contributed by atoms with Crippen molar-refractivity contribution in [3.63, 3.8) is 0 Å². The zero-order valence-electron chi connectivity index (χ0n) is 10.4. The van der Waals surface area contributed by atoms with Crippen LogP contribution in [0.4, 0.5) is 0 Å². The summed E-state index contributed by atoms with van der Waals surface area (Å²) >= 11 is 0. The van der Waals surface area contributed by atoms with Crippen molar-refractivity contribution in [1.82, 2.24) is 4.90 Å². The van der Waals surface area contributed by atoms with Gasteiger partial charge in [-0.25, -0.2) is 0 Å². The first kappa shape index (κ1) is 13.3. The molecule has 1 unspecified atom stereocenters. The largest absolute Gasteiger partial charge is 0.387 e. The minimum atomic E-state index is -1.08. The number of nitrogens with zero attached hydrogens (tertiary/aromatic N) is 1. The minimum absolute atomic E-state index is 0.0848. The van der Waals surface area contributed by atoms with Crippen molar-refractivity contribution < 1.29 is 19.7 Å². The van der Waals surface area contributed by atoms with E-state index in [1.807, 2.05) is 0 Å². The molecule has 0 aliphatic carbocycles. The molecule has 2 rings (SSSR count). The van der Waals surface area contributed by atoms with Crippen LogP contribution in [0.3, 0.4) is 0 Å². The van der Waals surface area contributed by atoms with E-state index < -0.39 is 11.2 Å². The summed E-state index contributed by atoms with van der Waals surface area (Å²) in [4.78, 5) is 13.7. The number of amides is 1. The van der Waals surface area contributed by atoms with Crippen LogP contribution in [0.2, 0.25) is 0 Å². The second-order valence-corrected chi connectivity index (χ2v) is 5.26. The van der Waals surface area contributed by atoms with Gasteiger partial charge in [-0.05, 0) is 0 Å². The van der Waals surface area contributed by atoms with E-state index in [0.717, 1.165) is 0 Å². The quantitative estimate of drug-likeness (QED) is 0.652. The lowest BCUT2D eigenvalue weighted by Crippen LogP contribution is -2.48. The van der Waals surface area contributed by atoms with Crippen LogP contribution in [0.15, 0.2) is 0 Å². The summed E-state index contributed by atoms with van der Waals surface area (Å²) in [6, 6.07) is 0. The molecule has 5 heteroatoms. The zero-order valence-corrected chi connectivity index (χ0v) is 10.4. The maximum absolute atomic E-state index is 12.0. The van der Waals surface area contributed by atoms with Crippen LogP contribution in [-0.4, -0.2) is 58.5 Å². The number of rotatable bonds is 2. The van der Waals surface area contributed by atoms with Gasteiger partial charge in [-0.3, -0.25) is 4.79 Å². The van der Waals surface area contributed by atoms with E-state index in [-0.39, 0.29) is 18.9 Å². The molecule has 0 aromatic heterocycles. The summed E-state index contributed by atoms with van der Waals surface area (Å²) in [5, 5.41) is 20.0. The van der Waals surface area contributed by atoms with Gasteiger partial charge in [0.15, 0.2) is 0 Å². The number of likely N-dealkylation sites (tertiary alicyclic amines) is 1. The average Bonchev–Trinajstić information content (AvgIpc) is 2.76.